The molecule has 24 heavy (non-hydrogen) atoms. The molecule has 2 aromatic rings. The Kier molecular flexibility index (Phi) is 3.63. The van der Waals surface area contributed by atoms with Gasteiger partial charge in [-0.3, -0.25) is 0 Å². The fraction of sp³-hybridized carbons (Fsp3) is 0.0625. The number of imidazole rings is 1. The van der Waals surface area contributed by atoms with E-state index in [4.69, 9.17) is 33.4 Å². The predicted octanol–water partition coefficient (Wildman–Crippen LogP) is 3.98. The van der Waals surface area contributed by atoms with Crippen molar-refractivity contribution in [3.63, 3.8) is 0 Å². The molecule has 0 radical (unpaired) electrons. The summed E-state index contributed by atoms with van der Waals surface area (Å²) in [6, 6.07) is 7.17. The largest absolute Gasteiger partial charge is 0.472 e. The molecule has 0 atom stereocenters. The second kappa shape index (κ2) is 5.81. The molecule has 1 aromatic heterocycles. The normalized spacial score (nSPS) is 11.2. The Morgan fingerprint density at radius 1 is 1.12 bits per heavy atom. The van der Waals surface area contributed by atoms with Crippen molar-refractivity contribution >= 4 is 29.0 Å². The molecule has 4 rings (SSSR count). The molecule has 1 aromatic carbocycles. The number of nitrogen functional groups attached to an aromatic ring is 1. The van der Waals surface area contributed by atoms with Crippen LogP contribution in [0.3, 0.4) is 0 Å². The highest BCUT2D eigenvalue weighted by atomic mass is 35.5. The molecule has 0 saturated heterocycles. The molecule has 0 fully saturated rings. The summed E-state index contributed by atoms with van der Waals surface area (Å²) in [4.78, 5) is 13.2. The maximum Gasteiger partial charge on any atom is 0.166 e. The zero-order valence-corrected chi connectivity index (χ0v) is 13.8. The minimum absolute atomic E-state index is 0.314. The van der Waals surface area contributed by atoms with E-state index >= 15 is 0 Å². The van der Waals surface area contributed by atoms with Gasteiger partial charge in [0.15, 0.2) is 23.2 Å². The van der Waals surface area contributed by atoms with E-state index in [0.29, 0.717) is 39.8 Å². The van der Waals surface area contributed by atoms with Gasteiger partial charge < -0.3 is 14.7 Å². The standard InChI is InChI=1S/C16H11Cl2N5O/c17-11-2-1-3-12(18)10(11)6-23-8-20-14(19)13-16(23)22-15(21-13)9-4-5-24-7-9/h1-5,7-8H,6,19H2. The van der Waals surface area contributed by atoms with Crippen LogP contribution in [0.4, 0.5) is 5.82 Å². The predicted molar refractivity (Wildman–Crippen MR) is 92.1 cm³/mol. The van der Waals surface area contributed by atoms with Crippen LogP contribution < -0.4 is 5.73 Å². The van der Waals surface area contributed by atoms with Gasteiger partial charge in [0.2, 0.25) is 0 Å². The third kappa shape index (κ3) is 2.50. The van der Waals surface area contributed by atoms with Gasteiger partial charge in [-0.25, -0.2) is 15.0 Å². The smallest absolute Gasteiger partial charge is 0.166 e. The Balaban J connectivity index is 1.83. The first kappa shape index (κ1) is 15.0. The first-order valence-electron chi connectivity index (χ1n) is 7.07. The topological polar surface area (TPSA) is 82.8 Å². The highest BCUT2D eigenvalue weighted by Crippen LogP contribution is 2.31. The van der Waals surface area contributed by atoms with Crippen LogP contribution in [0.5, 0.6) is 0 Å². The van der Waals surface area contributed by atoms with Crippen molar-refractivity contribution in [2.24, 2.45) is 0 Å². The molecule has 120 valence electrons. The van der Waals surface area contributed by atoms with E-state index in [-0.39, 0.29) is 0 Å². The van der Waals surface area contributed by atoms with Gasteiger partial charge in [-0.05, 0) is 18.2 Å². The Bertz CT molecular complexity index is 960. The van der Waals surface area contributed by atoms with Gasteiger partial charge >= 0.3 is 0 Å². The molecule has 3 heterocycles. The summed E-state index contributed by atoms with van der Waals surface area (Å²) >= 11 is 12.5. The lowest BCUT2D eigenvalue weighted by molar-refractivity contribution is 0.568. The summed E-state index contributed by atoms with van der Waals surface area (Å²) in [5.41, 5.74) is 8.02. The summed E-state index contributed by atoms with van der Waals surface area (Å²) in [6.07, 6.45) is 4.74. The first-order chi connectivity index (χ1) is 11.6. The van der Waals surface area contributed by atoms with Crippen LogP contribution in [0.1, 0.15) is 5.56 Å². The number of rotatable bonds is 3. The summed E-state index contributed by atoms with van der Waals surface area (Å²) in [5, 5.41) is 1.16. The van der Waals surface area contributed by atoms with E-state index in [1.54, 1.807) is 43.1 Å². The van der Waals surface area contributed by atoms with Crippen molar-refractivity contribution in [1.29, 1.82) is 0 Å². The minimum atomic E-state index is 0.314. The minimum Gasteiger partial charge on any atom is -0.472 e. The van der Waals surface area contributed by atoms with E-state index in [2.05, 4.69) is 15.0 Å². The molecule has 2 N–H and O–H groups in total. The number of halogens is 2. The third-order valence-electron chi connectivity index (χ3n) is 3.66. The fourth-order valence-corrected chi connectivity index (χ4v) is 2.96. The van der Waals surface area contributed by atoms with E-state index in [1.165, 1.54) is 0 Å². The summed E-state index contributed by atoms with van der Waals surface area (Å²) in [6.45, 7) is 0.409. The van der Waals surface area contributed by atoms with E-state index in [0.717, 1.165) is 11.1 Å². The Morgan fingerprint density at radius 3 is 2.62 bits per heavy atom. The lowest BCUT2D eigenvalue weighted by Crippen LogP contribution is -2.09. The van der Waals surface area contributed by atoms with Crippen LogP contribution >= 0.6 is 23.2 Å². The van der Waals surface area contributed by atoms with Gasteiger partial charge in [-0.1, -0.05) is 29.3 Å². The highest BCUT2D eigenvalue weighted by molar-refractivity contribution is 6.35. The van der Waals surface area contributed by atoms with Crippen molar-refractivity contribution in [1.82, 2.24) is 19.5 Å². The number of nitrogens with zero attached hydrogens (tertiary/aromatic N) is 4. The molecule has 8 heteroatoms. The molecule has 0 saturated carbocycles. The van der Waals surface area contributed by atoms with Crippen LogP contribution in [0.25, 0.3) is 22.9 Å². The zero-order chi connectivity index (χ0) is 16.7. The van der Waals surface area contributed by atoms with Crippen molar-refractivity contribution in [2.75, 3.05) is 5.73 Å². The van der Waals surface area contributed by atoms with E-state index in [9.17, 15) is 0 Å². The number of nitrogens with two attached hydrogens (primary N) is 1. The monoisotopic (exact) mass is 359 g/mol. The van der Waals surface area contributed by atoms with Crippen molar-refractivity contribution in [2.45, 2.75) is 6.54 Å². The average molecular weight is 360 g/mol. The number of aromatic nitrogens is 4. The second-order valence-electron chi connectivity index (χ2n) is 5.19. The van der Waals surface area contributed by atoms with Crippen LogP contribution in [0.2, 0.25) is 10.0 Å². The lowest BCUT2D eigenvalue weighted by atomic mass is 10.2. The molecule has 6 nitrogen and oxygen atoms in total. The number of hydrogen-bond acceptors (Lipinski definition) is 5. The highest BCUT2D eigenvalue weighted by Gasteiger charge is 2.21. The van der Waals surface area contributed by atoms with Crippen LogP contribution in [-0.4, -0.2) is 19.5 Å². The Hall–Kier alpha value is -2.57. The van der Waals surface area contributed by atoms with Crippen molar-refractivity contribution < 1.29 is 4.42 Å². The first-order valence-corrected chi connectivity index (χ1v) is 7.83. The summed E-state index contributed by atoms with van der Waals surface area (Å²) in [5.74, 6) is 1.45. The zero-order valence-electron chi connectivity index (χ0n) is 12.3. The number of fused-ring (bicyclic) bond motifs is 1. The molecular formula is C16H11Cl2N5O. The van der Waals surface area contributed by atoms with Crippen LogP contribution in [0, 0.1) is 0 Å². The molecule has 0 amide bonds. The lowest BCUT2D eigenvalue weighted by Gasteiger charge is -2.13. The summed E-state index contributed by atoms with van der Waals surface area (Å²) in [7, 11) is 0. The molecule has 0 aliphatic carbocycles. The maximum atomic E-state index is 6.26. The average Bonchev–Trinajstić information content (AvgIpc) is 3.22. The van der Waals surface area contributed by atoms with Gasteiger partial charge in [-0.2, -0.15) is 0 Å². The SMILES string of the molecule is Nc1ncn(Cc2c(Cl)cccc2Cl)c2nc(-c3ccoc3)nc1-2. The quantitative estimate of drug-likeness (QED) is 0.598. The maximum absolute atomic E-state index is 6.26. The van der Waals surface area contributed by atoms with Crippen LogP contribution in [0.15, 0.2) is 47.5 Å². The molecule has 2 aliphatic rings. The Labute approximate surface area is 147 Å². The van der Waals surface area contributed by atoms with Gasteiger partial charge in [0.1, 0.15) is 6.26 Å². The van der Waals surface area contributed by atoms with E-state index < -0.39 is 0 Å². The number of anilines is 1. The second-order valence-corrected chi connectivity index (χ2v) is 6.00. The van der Waals surface area contributed by atoms with Gasteiger partial charge in [0, 0.05) is 15.6 Å². The molecule has 0 spiro atoms. The number of hydrogen-bond donors (Lipinski definition) is 1. The van der Waals surface area contributed by atoms with Crippen LogP contribution in [-0.2, 0) is 6.54 Å². The van der Waals surface area contributed by atoms with Gasteiger partial charge in [-0.15, -0.1) is 0 Å². The molecule has 0 unspecified atom stereocenters. The summed E-state index contributed by atoms with van der Waals surface area (Å²) < 4.78 is 6.90. The molecule has 0 bridgehead atoms. The molecular weight excluding hydrogens is 349 g/mol. The number of benzene rings is 1. The van der Waals surface area contributed by atoms with E-state index in [1.807, 2.05) is 4.57 Å². The van der Waals surface area contributed by atoms with Gasteiger partial charge in [0.25, 0.3) is 0 Å². The van der Waals surface area contributed by atoms with Crippen molar-refractivity contribution in [3.8, 4) is 22.9 Å². The molecule has 2 aliphatic heterocycles. The number of furan rings is 1. The third-order valence-corrected chi connectivity index (χ3v) is 4.37. The van der Waals surface area contributed by atoms with Gasteiger partial charge in [0.05, 0.1) is 24.7 Å². The van der Waals surface area contributed by atoms with Crippen molar-refractivity contribution in [3.05, 3.63) is 58.7 Å². The fourth-order valence-electron chi connectivity index (χ4n) is 2.44. The Morgan fingerprint density at radius 2 is 1.92 bits per heavy atom.